The zero-order valence-electron chi connectivity index (χ0n) is 10.7. The van der Waals surface area contributed by atoms with Crippen molar-refractivity contribution in [2.45, 2.75) is 16.2 Å². The Morgan fingerprint density at radius 2 is 2.00 bits per heavy atom. The summed E-state index contributed by atoms with van der Waals surface area (Å²) in [5.74, 6) is 0.870. The molecule has 0 atom stereocenters. The number of hydrogen-bond donors (Lipinski definition) is 1. The Morgan fingerprint density at radius 1 is 1.21 bits per heavy atom. The molecule has 0 aliphatic carbocycles. The van der Waals surface area contributed by atoms with Crippen molar-refractivity contribution in [2.75, 3.05) is 13.7 Å². The van der Waals surface area contributed by atoms with E-state index in [2.05, 4.69) is 6.07 Å². The molecule has 0 fully saturated rings. The molecular formula is C15H16ClNOS. The van der Waals surface area contributed by atoms with E-state index < -0.39 is 0 Å². The number of halogens is 1. The average molecular weight is 294 g/mol. The maximum Gasteiger partial charge on any atom is 0.132 e. The predicted molar refractivity (Wildman–Crippen MR) is 81.3 cm³/mol. The van der Waals surface area contributed by atoms with Gasteiger partial charge in [-0.05, 0) is 42.8 Å². The van der Waals surface area contributed by atoms with Crippen molar-refractivity contribution in [2.24, 2.45) is 5.73 Å². The predicted octanol–water partition coefficient (Wildman–Crippen LogP) is 4.00. The first-order valence-electron chi connectivity index (χ1n) is 6.04. The van der Waals surface area contributed by atoms with E-state index in [9.17, 15) is 0 Å². The lowest BCUT2D eigenvalue weighted by Crippen LogP contribution is -2.02. The van der Waals surface area contributed by atoms with Crippen LogP contribution in [0.4, 0.5) is 0 Å². The topological polar surface area (TPSA) is 35.2 Å². The van der Waals surface area contributed by atoms with Gasteiger partial charge in [0.25, 0.3) is 0 Å². The average Bonchev–Trinajstić information content (AvgIpc) is 2.43. The minimum Gasteiger partial charge on any atom is -0.496 e. The third-order valence-electron chi connectivity index (χ3n) is 2.74. The maximum atomic E-state index is 6.25. The highest BCUT2D eigenvalue weighted by molar-refractivity contribution is 7.99. The van der Waals surface area contributed by atoms with Crippen LogP contribution in [-0.4, -0.2) is 13.7 Å². The molecule has 0 heterocycles. The second-order valence-corrected chi connectivity index (χ2v) is 5.57. The van der Waals surface area contributed by atoms with Crippen LogP contribution in [0.2, 0.25) is 5.02 Å². The number of benzene rings is 2. The highest BCUT2D eigenvalue weighted by Crippen LogP contribution is 2.36. The lowest BCUT2D eigenvalue weighted by atomic mass is 10.1. The SMILES string of the molecule is COc1ccccc1Sc1ccc(CCN)c(Cl)c1. The third kappa shape index (κ3) is 3.66. The second kappa shape index (κ2) is 6.85. The van der Waals surface area contributed by atoms with E-state index in [0.717, 1.165) is 32.5 Å². The van der Waals surface area contributed by atoms with Crippen LogP contribution >= 0.6 is 23.4 Å². The Bertz CT molecular complexity index is 560. The fourth-order valence-electron chi connectivity index (χ4n) is 1.78. The van der Waals surface area contributed by atoms with Crippen molar-refractivity contribution in [1.29, 1.82) is 0 Å². The molecule has 0 aliphatic heterocycles. The fourth-order valence-corrected chi connectivity index (χ4v) is 3.08. The van der Waals surface area contributed by atoms with Gasteiger partial charge in [-0.25, -0.2) is 0 Å². The number of methoxy groups -OCH3 is 1. The highest BCUT2D eigenvalue weighted by Gasteiger charge is 2.06. The molecule has 2 aromatic carbocycles. The van der Waals surface area contributed by atoms with Gasteiger partial charge in [-0.1, -0.05) is 41.6 Å². The van der Waals surface area contributed by atoms with E-state index in [1.54, 1.807) is 18.9 Å². The number of para-hydroxylation sites is 1. The van der Waals surface area contributed by atoms with Gasteiger partial charge in [0.15, 0.2) is 0 Å². The van der Waals surface area contributed by atoms with Crippen LogP contribution in [0.1, 0.15) is 5.56 Å². The Morgan fingerprint density at radius 3 is 2.68 bits per heavy atom. The Balaban J connectivity index is 2.21. The van der Waals surface area contributed by atoms with Gasteiger partial charge in [0.1, 0.15) is 5.75 Å². The first-order valence-corrected chi connectivity index (χ1v) is 7.23. The third-order valence-corrected chi connectivity index (χ3v) is 4.13. The molecule has 2 aromatic rings. The number of ether oxygens (including phenoxy) is 1. The summed E-state index contributed by atoms with van der Waals surface area (Å²) in [5, 5.41) is 0.769. The van der Waals surface area contributed by atoms with Gasteiger partial charge in [0.2, 0.25) is 0 Å². The molecule has 0 bridgehead atoms. The number of nitrogens with two attached hydrogens (primary N) is 1. The zero-order valence-corrected chi connectivity index (χ0v) is 12.3. The Labute approximate surface area is 122 Å². The van der Waals surface area contributed by atoms with Crippen molar-refractivity contribution in [3.8, 4) is 5.75 Å². The van der Waals surface area contributed by atoms with E-state index in [4.69, 9.17) is 22.1 Å². The second-order valence-electron chi connectivity index (χ2n) is 4.04. The summed E-state index contributed by atoms with van der Waals surface area (Å²) < 4.78 is 5.34. The summed E-state index contributed by atoms with van der Waals surface area (Å²) in [4.78, 5) is 2.17. The number of rotatable bonds is 5. The lowest BCUT2D eigenvalue weighted by molar-refractivity contribution is 0.405. The fraction of sp³-hybridized carbons (Fsp3) is 0.200. The normalized spacial score (nSPS) is 10.5. The minimum absolute atomic E-state index is 0.610. The minimum atomic E-state index is 0.610. The van der Waals surface area contributed by atoms with Crippen molar-refractivity contribution >= 4 is 23.4 Å². The molecule has 0 unspecified atom stereocenters. The van der Waals surface area contributed by atoms with Crippen LogP contribution in [0.3, 0.4) is 0 Å². The summed E-state index contributed by atoms with van der Waals surface area (Å²) in [7, 11) is 1.68. The van der Waals surface area contributed by atoms with Gasteiger partial charge in [0, 0.05) is 9.92 Å². The number of hydrogen-bond acceptors (Lipinski definition) is 3. The molecule has 2 rings (SSSR count). The molecule has 0 saturated heterocycles. The molecule has 0 radical (unpaired) electrons. The highest BCUT2D eigenvalue weighted by atomic mass is 35.5. The van der Waals surface area contributed by atoms with Crippen LogP contribution in [0.25, 0.3) is 0 Å². The summed E-state index contributed by atoms with van der Waals surface area (Å²) in [6.07, 6.45) is 0.804. The summed E-state index contributed by atoms with van der Waals surface area (Å²) in [5.41, 5.74) is 6.64. The van der Waals surface area contributed by atoms with Gasteiger partial charge < -0.3 is 10.5 Å². The van der Waals surface area contributed by atoms with E-state index in [0.29, 0.717) is 6.54 Å². The Hall–Kier alpha value is -1.16. The van der Waals surface area contributed by atoms with Crippen molar-refractivity contribution in [3.05, 3.63) is 53.1 Å². The maximum absolute atomic E-state index is 6.25. The molecule has 2 N–H and O–H groups in total. The van der Waals surface area contributed by atoms with Gasteiger partial charge in [-0.15, -0.1) is 0 Å². The van der Waals surface area contributed by atoms with Crippen molar-refractivity contribution < 1.29 is 4.74 Å². The zero-order chi connectivity index (χ0) is 13.7. The van der Waals surface area contributed by atoms with Crippen LogP contribution < -0.4 is 10.5 Å². The molecule has 4 heteroatoms. The molecule has 0 spiro atoms. The van der Waals surface area contributed by atoms with Crippen molar-refractivity contribution in [1.82, 2.24) is 0 Å². The summed E-state index contributed by atoms with van der Waals surface area (Å²) >= 11 is 7.89. The van der Waals surface area contributed by atoms with E-state index >= 15 is 0 Å². The molecule has 2 nitrogen and oxygen atoms in total. The van der Waals surface area contributed by atoms with Gasteiger partial charge in [-0.3, -0.25) is 0 Å². The molecule has 0 amide bonds. The standard InChI is InChI=1S/C15H16ClNOS/c1-18-14-4-2-3-5-15(14)19-12-7-6-11(8-9-17)13(16)10-12/h2-7,10H,8-9,17H2,1H3. The van der Waals surface area contributed by atoms with Crippen molar-refractivity contribution in [3.63, 3.8) is 0 Å². The monoisotopic (exact) mass is 293 g/mol. The lowest BCUT2D eigenvalue weighted by Gasteiger charge is -2.09. The van der Waals surface area contributed by atoms with Crippen LogP contribution in [0, 0.1) is 0 Å². The van der Waals surface area contributed by atoms with Crippen LogP contribution in [0.15, 0.2) is 52.3 Å². The summed E-state index contributed by atoms with van der Waals surface area (Å²) in [6, 6.07) is 14.0. The summed E-state index contributed by atoms with van der Waals surface area (Å²) in [6.45, 7) is 0.610. The molecule has 19 heavy (non-hydrogen) atoms. The quantitative estimate of drug-likeness (QED) is 0.905. The smallest absolute Gasteiger partial charge is 0.132 e. The molecule has 100 valence electrons. The molecular weight excluding hydrogens is 278 g/mol. The first-order chi connectivity index (χ1) is 9.24. The molecule has 0 aromatic heterocycles. The first kappa shape index (κ1) is 14.3. The van der Waals surface area contributed by atoms with E-state index in [1.807, 2.05) is 36.4 Å². The van der Waals surface area contributed by atoms with Crippen LogP contribution in [-0.2, 0) is 6.42 Å². The van der Waals surface area contributed by atoms with Gasteiger partial charge in [-0.2, -0.15) is 0 Å². The van der Waals surface area contributed by atoms with E-state index in [-0.39, 0.29) is 0 Å². The largest absolute Gasteiger partial charge is 0.496 e. The molecule has 0 aliphatic rings. The Kier molecular flexibility index (Phi) is 5.14. The van der Waals surface area contributed by atoms with E-state index in [1.165, 1.54) is 0 Å². The molecule has 0 saturated carbocycles. The van der Waals surface area contributed by atoms with Gasteiger partial charge >= 0.3 is 0 Å². The van der Waals surface area contributed by atoms with Crippen LogP contribution in [0.5, 0.6) is 5.75 Å². The van der Waals surface area contributed by atoms with Gasteiger partial charge in [0.05, 0.1) is 12.0 Å².